The Morgan fingerprint density at radius 2 is 1.79 bits per heavy atom. The van der Waals surface area contributed by atoms with Crippen molar-refractivity contribution in [2.24, 2.45) is 0 Å². The van der Waals surface area contributed by atoms with E-state index in [-0.39, 0.29) is 12.5 Å². The summed E-state index contributed by atoms with van der Waals surface area (Å²) in [7, 11) is 0. The lowest BCUT2D eigenvalue weighted by atomic mass is 10.2. The Morgan fingerprint density at radius 1 is 0.964 bits per heavy atom. The molecule has 1 amide bonds. The Bertz CT molecular complexity index is 940. The molecule has 0 saturated carbocycles. The number of anilines is 2. The molecular formula is C24H24N2O2. The van der Waals surface area contributed by atoms with E-state index in [0.717, 1.165) is 36.5 Å². The van der Waals surface area contributed by atoms with Crippen LogP contribution in [0.1, 0.15) is 11.1 Å². The molecule has 0 radical (unpaired) electrons. The molecule has 0 fully saturated rings. The van der Waals surface area contributed by atoms with Crippen LogP contribution in [0.4, 0.5) is 11.4 Å². The Hall–Kier alpha value is -3.27. The van der Waals surface area contributed by atoms with Gasteiger partial charge < -0.3 is 15.0 Å². The molecule has 4 nitrogen and oxygen atoms in total. The molecular weight excluding hydrogens is 348 g/mol. The summed E-state index contributed by atoms with van der Waals surface area (Å²) in [5.74, 6) is 0.889. The molecule has 3 aromatic rings. The van der Waals surface area contributed by atoms with Gasteiger partial charge in [-0.15, -0.1) is 0 Å². The van der Waals surface area contributed by atoms with Gasteiger partial charge in [-0.2, -0.15) is 0 Å². The molecule has 3 aromatic carbocycles. The van der Waals surface area contributed by atoms with E-state index in [9.17, 15) is 4.79 Å². The predicted octanol–water partition coefficient (Wildman–Crippen LogP) is 4.31. The van der Waals surface area contributed by atoms with Crippen molar-refractivity contribution < 1.29 is 9.53 Å². The van der Waals surface area contributed by atoms with Crippen LogP contribution in [0.15, 0.2) is 78.9 Å². The van der Waals surface area contributed by atoms with Gasteiger partial charge in [0.2, 0.25) is 5.91 Å². The summed E-state index contributed by atoms with van der Waals surface area (Å²) in [6.07, 6.45) is 1.79. The lowest BCUT2D eigenvalue weighted by molar-refractivity contribution is -0.116. The van der Waals surface area contributed by atoms with Crippen molar-refractivity contribution in [2.45, 2.75) is 12.8 Å². The number of nitrogens with one attached hydrogen (secondary N) is 1. The standard InChI is InChI=1S/C24H24N2O2/c27-24(26-15-13-20-9-4-5-12-23(20)26)18-25-21-10-6-11-22(17-21)28-16-14-19-7-2-1-3-8-19/h1-12,17,25H,13-16,18H2. The second-order valence-electron chi connectivity index (χ2n) is 6.89. The largest absolute Gasteiger partial charge is 0.493 e. The van der Waals surface area contributed by atoms with Crippen molar-refractivity contribution in [3.8, 4) is 5.75 Å². The van der Waals surface area contributed by atoms with Crippen LogP contribution < -0.4 is 15.0 Å². The number of fused-ring (bicyclic) bond motifs is 1. The third-order valence-corrected chi connectivity index (χ3v) is 4.97. The van der Waals surface area contributed by atoms with Crippen molar-refractivity contribution in [3.63, 3.8) is 0 Å². The monoisotopic (exact) mass is 372 g/mol. The number of nitrogens with zero attached hydrogens (tertiary/aromatic N) is 1. The zero-order valence-electron chi connectivity index (χ0n) is 15.8. The molecule has 28 heavy (non-hydrogen) atoms. The smallest absolute Gasteiger partial charge is 0.246 e. The van der Waals surface area contributed by atoms with Gasteiger partial charge in [0.05, 0.1) is 13.2 Å². The van der Waals surface area contributed by atoms with Gasteiger partial charge in [-0.25, -0.2) is 0 Å². The van der Waals surface area contributed by atoms with Crippen LogP contribution in [0.3, 0.4) is 0 Å². The zero-order chi connectivity index (χ0) is 19.2. The predicted molar refractivity (Wildman–Crippen MR) is 113 cm³/mol. The number of hydrogen-bond acceptors (Lipinski definition) is 3. The number of rotatable bonds is 7. The molecule has 0 aromatic heterocycles. The SMILES string of the molecule is O=C(CNc1cccc(OCCc2ccccc2)c1)N1CCc2ccccc21. The molecule has 1 heterocycles. The van der Waals surface area contributed by atoms with E-state index < -0.39 is 0 Å². The first-order valence-corrected chi connectivity index (χ1v) is 9.68. The summed E-state index contributed by atoms with van der Waals surface area (Å²) in [5.41, 5.74) is 4.42. The Labute approximate surface area is 165 Å². The van der Waals surface area contributed by atoms with Crippen molar-refractivity contribution in [1.82, 2.24) is 0 Å². The minimum atomic E-state index is 0.0837. The number of benzene rings is 3. The van der Waals surface area contributed by atoms with Gasteiger partial charge >= 0.3 is 0 Å². The summed E-state index contributed by atoms with van der Waals surface area (Å²) < 4.78 is 5.87. The van der Waals surface area contributed by atoms with Gasteiger partial charge in [-0.1, -0.05) is 54.6 Å². The highest BCUT2D eigenvalue weighted by Gasteiger charge is 2.23. The third-order valence-electron chi connectivity index (χ3n) is 4.97. The Balaban J connectivity index is 1.29. The molecule has 0 spiro atoms. The minimum Gasteiger partial charge on any atom is -0.493 e. The second-order valence-corrected chi connectivity index (χ2v) is 6.89. The van der Waals surface area contributed by atoms with Crippen LogP contribution in [0, 0.1) is 0 Å². The third kappa shape index (κ3) is 4.34. The summed E-state index contributed by atoms with van der Waals surface area (Å²) >= 11 is 0. The Kier molecular flexibility index (Phi) is 5.57. The molecule has 142 valence electrons. The van der Waals surface area contributed by atoms with Gasteiger partial charge in [-0.05, 0) is 35.7 Å². The fourth-order valence-electron chi connectivity index (χ4n) is 3.50. The molecule has 1 N–H and O–H groups in total. The maximum atomic E-state index is 12.6. The lowest BCUT2D eigenvalue weighted by Gasteiger charge is -2.18. The second kappa shape index (κ2) is 8.61. The van der Waals surface area contributed by atoms with E-state index in [1.54, 1.807) is 0 Å². The highest BCUT2D eigenvalue weighted by molar-refractivity contribution is 5.98. The van der Waals surface area contributed by atoms with Crippen molar-refractivity contribution in [3.05, 3.63) is 90.0 Å². The lowest BCUT2D eigenvalue weighted by Crippen LogP contribution is -2.34. The maximum absolute atomic E-state index is 12.6. The minimum absolute atomic E-state index is 0.0837. The first-order valence-electron chi connectivity index (χ1n) is 9.68. The summed E-state index contributed by atoms with van der Waals surface area (Å²) in [4.78, 5) is 14.5. The van der Waals surface area contributed by atoms with Crippen LogP contribution in [0.2, 0.25) is 0 Å². The number of para-hydroxylation sites is 1. The van der Waals surface area contributed by atoms with E-state index in [2.05, 4.69) is 23.5 Å². The fourth-order valence-corrected chi connectivity index (χ4v) is 3.50. The van der Waals surface area contributed by atoms with Gasteiger partial charge in [-0.3, -0.25) is 4.79 Å². The highest BCUT2D eigenvalue weighted by atomic mass is 16.5. The van der Waals surface area contributed by atoms with E-state index in [1.165, 1.54) is 11.1 Å². The van der Waals surface area contributed by atoms with Crippen LogP contribution in [0.5, 0.6) is 5.75 Å². The maximum Gasteiger partial charge on any atom is 0.246 e. The summed E-state index contributed by atoms with van der Waals surface area (Å²) in [6.45, 7) is 1.64. The van der Waals surface area contributed by atoms with Crippen molar-refractivity contribution >= 4 is 17.3 Å². The van der Waals surface area contributed by atoms with Crippen LogP contribution in [0.25, 0.3) is 0 Å². The molecule has 0 unspecified atom stereocenters. The molecule has 1 aliphatic heterocycles. The number of ether oxygens (including phenoxy) is 1. The summed E-state index contributed by atoms with van der Waals surface area (Å²) in [6, 6.07) is 26.2. The quantitative estimate of drug-likeness (QED) is 0.672. The molecule has 1 aliphatic rings. The van der Waals surface area contributed by atoms with E-state index in [4.69, 9.17) is 4.74 Å². The van der Waals surface area contributed by atoms with Crippen LogP contribution >= 0.6 is 0 Å². The van der Waals surface area contributed by atoms with E-state index in [0.29, 0.717) is 6.61 Å². The number of carbonyl (C=O) groups is 1. The normalized spacial score (nSPS) is 12.5. The average molecular weight is 372 g/mol. The molecule has 4 heteroatoms. The first-order chi connectivity index (χ1) is 13.8. The number of hydrogen-bond donors (Lipinski definition) is 1. The van der Waals surface area contributed by atoms with Gasteiger partial charge in [0.1, 0.15) is 5.75 Å². The van der Waals surface area contributed by atoms with Gasteiger partial charge in [0.25, 0.3) is 0 Å². The first kappa shape index (κ1) is 18.1. The zero-order valence-corrected chi connectivity index (χ0v) is 15.8. The van der Waals surface area contributed by atoms with Crippen LogP contribution in [-0.4, -0.2) is 25.6 Å². The average Bonchev–Trinajstić information content (AvgIpc) is 3.17. The van der Waals surface area contributed by atoms with Gasteiger partial charge in [0, 0.05) is 30.4 Å². The van der Waals surface area contributed by atoms with Gasteiger partial charge in [0.15, 0.2) is 0 Å². The van der Waals surface area contributed by atoms with Crippen molar-refractivity contribution in [2.75, 3.05) is 29.9 Å². The molecule has 0 atom stereocenters. The Morgan fingerprint density at radius 3 is 2.68 bits per heavy atom. The summed E-state index contributed by atoms with van der Waals surface area (Å²) in [5, 5.41) is 3.23. The molecule has 4 rings (SSSR count). The van der Waals surface area contributed by atoms with E-state index >= 15 is 0 Å². The molecule has 0 aliphatic carbocycles. The van der Waals surface area contributed by atoms with Crippen molar-refractivity contribution in [1.29, 1.82) is 0 Å². The van der Waals surface area contributed by atoms with Crippen LogP contribution in [-0.2, 0) is 17.6 Å². The highest BCUT2D eigenvalue weighted by Crippen LogP contribution is 2.27. The molecule has 0 bridgehead atoms. The topological polar surface area (TPSA) is 41.6 Å². The number of carbonyl (C=O) groups excluding carboxylic acids is 1. The number of amides is 1. The van der Waals surface area contributed by atoms with E-state index in [1.807, 2.05) is 65.6 Å². The molecule has 0 saturated heterocycles. The fraction of sp³-hybridized carbons (Fsp3) is 0.208.